The van der Waals surface area contributed by atoms with Crippen molar-refractivity contribution in [1.82, 2.24) is 4.90 Å². The molecule has 1 aliphatic rings. The van der Waals surface area contributed by atoms with Gasteiger partial charge in [0.1, 0.15) is 0 Å². The standard InChI is InChI=1S/C14H21BrN2O3/c1-18-13-7-10(11(15)8-14(13)19-2)12(9-16)17-3-5-20-6-4-17/h7-8,12H,3-6,9,16H2,1-2H3. The largest absolute Gasteiger partial charge is 0.493 e. The summed E-state index contributed by atoms with van der Waals surface area (Å²) in [6.07, 6.45) is 0. The zero-order valence-corrected chi connectivity index (χ0v) is 13.5. The minimum atomic E-state index is 0.146. The lowest BCUT2D eigenvalue weighted by molar-refractivity contribution is 0.0177. The van der Waals surface area contributed by atoms with E-state index in [1.807, 2.05) is 12.1 Å². The average molecular weight is 345 g/mol. The van der Waals surface area contributed by atoms with Crippen LogP contribution in [0.1, 0.15) is 11.6 Å². The highest BCUT2D eigenvalue weighted by molar-refractivity contribution is 9.10. The van der Waals surface area contributed by atoms with Crippen LogP contribution in [0.4, 0.5) is 0 Å². The summed E-state index contributed by atoms with van der Waals surface area (Å²) in [7, 11) is 3.27. The van der Waals surface area contributed by atoms with Crippen molar-refractivity contribution in [2.24, 2.45) is 5.73 Å². The van der Waals surface area contributed by atoms with Crippen molar-refractivity contribution in [3.05, 3.63) is 22.2 Å². The molecule has 1 fully saturated rings. The lowest BCUT2D eigenvalue weighted by Gasteiger charge is -2.34. The van der Waals surface area contributed by atoms with E-state index in [0.29, 0.717) is 12.3 Å². The third-order valence-electron chi connectivity index (χ3n) is 3.57. The first-order valence-electron chi connectivity index (χ1n) is 6.64. The van der Waals surface area contributed by atoms with E-state index in [1.165, 1.54) is 0 Å². The number of benzene rings is 1. The summed E-state index contributed by atoms with van der Waals surface area (Å²) >= 11 is 3.61. The second kappa shape index (κ2) is 7.26. The number of hydrogen-bond acceptors (Lipinski definition) is 5. The van der Waals surface area contributed by atoms with Gasteiger partial charge in [-0.15, -0.1) is 0 Å². The van der Waals surface area contributed by atoms with Gasteiger partial charge in [-0.2, -0.15) is 0 Å². The van der Waals surface area contributed by atoms with Crippen molar-refractivity contribution in [1.29, 1.82) is 0 Å². The molecule has 112 valence electrons. The van der Waals surface area contributed by atoms with Crippen LogP contribution in [-0.2, 0) is 4.74 Å². The molecule has 1 saturated heterocycles. The zero-order valence-electron chi connectivity index (χ0n) is 11.9. The van der Waals surface area contributed by atoms with Crippen LogP contribution in [-0.4, -0.2) is 52.0 Å². The molecule has 2 rings (SSSR count). The molecule has 5 nitrogen and oxygen atoms in total. The van der Waals surface area contributed by atoms with Crippen LogP contribution in [0.15, 0.2) is 16.6 Å². The molecule has 6 heteroatoms. The summed E-state index contributed by atoms with van der Waals surface area (Å²) in [5.41, 5.74) is 7.11. The highest BCUT2D eigenvalue weighted by atomic mass is 79.9. The van der Waals surface area contributed by atoms with Gasteiger partial charge in [-0.1, -0.05) is 15.9 Å². The molecule has 0 spiro atoms. The van der Waals surface area contributed by atoms with Crippen LogP contribution >= 0.6 is 15.9 Å². The van der Waals surface area contributed by atoms with Gasteiger partial charge in [0.2, 0.25) is 0 Å². The Balaban J connectivity index is 2.33. The molecule has 0 bridgehead atoms. The molecule has 1 aromatic carbocycles. The Morgan fingerprint density at radius 1 is 1.25 bits per heavy atom. The Morgan fingerprint density at radius 2 is 1.85 bits per heavy atom. The second-order valence-corrected chi connectivity index (χ2v) is 5.48. The van der Waals surface area contributed by atoms with Crippen LogP contribution in [0.5, 0.6) is 11.5 Å². The average Bonchev–Trinajstić information content (AvgIpc) is 2.50. The first-order valence-corrected chi connectivity index (χ1v) is 7.43. The molecule has 1 heterocycles. The maximum absolute atomic E-state index is 5.99. The van der Waals surface area contributed by atoms with Crippen molar-refractivity contribution >= 4 is 15.9 Å². The number of morpholine rings is 1. The molecular formula is C14H21BrN2O3. The van der Waals surface area contributed by atoms with Gasteiger partial charge >= 0.3 is 0 Å². The fourth-order valence-electron chi connectivity index (χ4n) is 2.49. The monoisotopic (exact) mass is 344 g/mol. The van der Waals surface area contributed by atoms with Crippen molar-refractivity contribution in [3.63, 3.8) is 0 Å². The first kappa shape index (κ1) is 15.6. The zero-order chi connectivity index (χ0) is 14.5. The quantitative estimate of drug-likeness (QED) is 0.882. The van der Waals surface area contributed by atoms with Crippen LogP contribution in [0.2, 0.25) is 0 Å². The lowest BCUT2D eigenvalue weighted by Crippen LogP contribution is -2.41. The fourth-order valence-corrected chi connectivity index (χ4v) is 3.07. The smallest absolute Gasteiger partial charge is 0.161 e. The highest BCUT2D eigenvalue weighted by Crippen LogP contribution is 2.37. The van der Waals surface area contributed by atoms with E-state index in [4.69, 9.17) is 19.9 Å². The summed E-state index contributed by atoms with van der Waals surface area (Å²) in [6.45, 7) is 3.84. The minimum Gasteiger partial charge on any atom is -0.493 e. The van der Waals surface area contributed by atoms with E-state index in [0.717, 1.165) is 42.1 Å². The number of ether oxygens (including phenoxy) is 3. The second-order valence-electron chi connectivity index (χ2n) is 4.63. The Labute approximate surface area is 128 Å². The molecule has 0 aromatic heterocycles. The van der Waals surface area contributed by atoms with Crippen LogP contribution in [0.3, 0.4) is 0 Å². The maximum atomic E-state index is 5.99. The van der Waals surface area contributed by atoms with Gasteiger partial charge in [-0.3, -0.25) is 4.90 Å². The van der Waals surface area contributed by atoms with E-state index >= 15 is 0 Å². The minimum absolute atomic E-state index is 0.146. The summed E-state index contributed by atoms with van der Waals surface area (Å²) in [5.74, 6) is 1.43. The molecular weight excluding hydrogens is 324 g/mol. The number of nitrogens with zero attached hydrogens (tertiary/aromatic N) is 1. The molecule has 1 aromatic rings. The van der Waals surface area contributed by atoms with Gasteiger partial charge < -0.3 is 19.9 Å². The molecule has 0 aliphatic carbocycles. The van der Waals surface area contributed by atoms with Crippen LogP contribution in [0, 0.1) is 0 Å². The summed E-state index contributed by atoms with van der Waals surface area (Å²) < 4.78 is 17.1. The van der Waals surface area contributed by atoms with E-state index in [-0.39, 0.29) is 6.04 Å². The SMILES string of the molecule is COc1cc(Br)c(C(CN)N2CCOCC2)cc1OC. The summed E-state index contributed by atoms with van der Waals surface area (Å²) in [5, 5.41) is 0. The van der Waals surface area contributed by atoms with E-state index < -0.39 is 0 Å². The van der Waals surface area contributed by atoms with Gasteiger partial charge in [-0.05, 0) is 17.7 Å². The van der Waals surface area contributed by atoms with Gasteiger partial charge in [0.25, 0.3) is 0 Å². The Bertz CT molecular complexity index is 450. The normalized spacial score (nSPS) is 17.8. The molecule has 1 unspecified atom stereocenters. The van der Waals surface area contributed by atoms with Crippen molar-refractivity contribution in [2.45, 2.75) is 6.04 Å². The summed E-state index contributed by atoms with van der Waals surface area (Å²) in [4.78, 5) is 2.34. The lowest BCUT2D eigenvalue weighted by atomic mass is 10.0. The third-order valence-corrected chi connectivity index (χ3v) is 4.26. The van der Waals surface area contributed by atoms with Gasteiger partial charge in [0.05, 0.1) is 27.4 Å². The number of halogens is 1. The topological polar surface area (TPSA) is 57.0 Å². The van der Waals surface area contributed by atoms with E-state index in [9.17, 15) is 0 Å². The van der Waals surface area contributed by atoms with Crippen molar-refractivity contribution in [3.8, 4) is 11.5 Å². The summed E-state index contributed by atoms with van der Waals surface area (Å²) in [6, 6.07) is 4.07. The fraction of sp³-hybridized carbons (Fsp3) is 0.571. The van der Waals surface area contributed by atoms with E-state index in [1.54, 1.807) is 14.2 Å². The number of rotatable bonds is 5. The molecule has 20 heavy (non-hydrogen) atoms. The van der Waals surface area contributed by atoms with Gasteiger partial charge in [-0.25, -0.2) is 0 Å². The predicted octanol–water partition coefficient (Wildman–Crippen LogP) is 1.80. The molecule has 1 aliphatic heterocycles. The molecule has 1 atom stereocenters. The molecule has 2 N–H and O–H groups in total. The Morgan fingerprint density at radius 3 is 2.40 bits per heavy atom. The van der Waals surface area contributed by atoms with Crippen molar-refractivity contribution < 1.29 is 14.2 Å². The molecule has 0 radical (unpaired) electrons. The van der Waals surface area contributed by atoms with Gasteiger partial charge in [0.15, 0.2) is 11.5 Å². The molecule has 0 saturated carbocycles. The van der Waals surface area contributed by atoms with Crippen LogP contribution < -0.4 is 15.2 Å². The predicted molar refractivity (Wildman–Crippen MR) is 81.4 cm³/mol. The number of nitrogens with two attached hydrogens (primary N) is 1. The Kier molecular flexibility index (Phi) is 5.65. The number of hydrogen-bond donors (Lipinski definition) is 1. The maximum Gasteiger partial charge on any atom is 0.161 e. The van der Waals surface area contributed by atoms with Crippen molar-refractivity contribution in [2.75, 3.05) is 47.1 Å². The Hall–Kier alpha value is -0.820. The van der Waals surface area contributed by atoms with Gasteiger partial charge in [0, 0.05) is 30.1 Å². The molecule has 0 amide bonds. The third kappa shape index (κ3) is 3.25. The van der Waals surface area contributed by atoms with Crippen LogP contribution in [0.25, 0.3) is 0 Å². The highest BCUT2D eigenvalue weighted by Gasteiger charge is 2.24. The number of methoxy groups -OCH3 is 2. The van der Waals surface area contributed by atoms with E-state index in [2.05, 4.69) is 20.8 Å². The first-order chi connectivity index (χ1) is 9.71.